The van der Waals surface area contributed by atoms with Gasteiger partial charge in [-0.1, -0.05) is 19.1 Å². The fraction of sp³-hybridized carbons (Fsp3) is 0.133. The minimum Gasteiger partial charge on any atom is -0.369 e. The second-order valence-corrected chi connectivity index (χ2v) is 5.70. The van der Waals surface area contributed by atoms with E-state index >= 15 is 0 Å². The summed E-state index contributed by atoms with van der Waals surface area (Å²) in [5.74, 6) is 0.529. The van der Waals surface area contributed by atoms with Gasteiger partial charge in [0.15, 0.2) is 0 Å². The molecular weight excluding hydrogens is 349 g/mol. The third-order valence-corrected chi connectivity index (χ3v) is 3.92. The van der Waals surface area contributed by atoms with Crippen LogP contribution in [0.25, 0.3) is 16.7 Å². The minimum atomic E-state index is 0.529. The first kappa shape index (κ1) is 12.5. The van der Waals surface area contributed by atoms with Crippen LogP contribution in [0.3, 0.4) is 0 Å². The van der Waals surface area contributed by atoms with Gasteiger partial charge in [0.25, 0.3) is 0 Å². The summed E-state index contributed by atoms with van der Waals surface area (Å²) >= 11 is 2.28. The van der Waals surface area contributed by atoms with Crippen LogP contribution in [0.15, 0.2) is 42.5 Å². The summed E-state index contributed by atoms with van der Waals surface area (Å²) in [7, 11) is 0. The number of hydrogen-bond acceptors (Lipinski definition) is 2. The second kappa shape index (κ2) is 4.85. The zero-order chi connectivity index (χ0) is 13.4. The fourth-order valence-electron chi connectivity index (χ4n) is 2.22. The van der Waals surface area contributed by atoms with E-state index in [0.717, 1.165) is 26.7 Å². The van der Waals surface area contributed by atoms with Gasteiger partial charge in [-0.2, -0.15) is 0 Å². The smallest absolute Gasteiger partial charge is 0.205 e. The average Bonchev–Trinajstić information content (AvgIpc) is 2.74. The van der Waals surface area contributed by atoms with Gasteiger partial charge in [0.2, 0.25) is 5.95 Å². The SMILES string of the molecule is CCc1ccc(-n2c(N)nc3cc(I)ccc32)cc1. The van der Waals surface area contributed by atoms with E-state index in [-0.39, 0.29) is 0 Å². The zero-order valence-electron chi connectivity index (χ0n) is 10.6. The number of aryl methyl sites for hydroxylation is 1. The third kappa shape index (κ3) is 2.20. The molecule has 19 heavy (non-hydrogen) atoms. The third-order valence-electron chi connectivity index (χ3n) is 3.25. The summed E-state index contributed by atoms with van der Waals surface area (Å²) in [5, 5.41) is 0. The highest BCUT2D eigenvalue weighted by Crippen LogP contribution is 2.24. The van der Waals surface area contributed by atoms with Crippen molar-refractivity contribution >= 4 is 39.6 Å². The van der Waals surface area contributed by atoms with Crippen molar-refractivity contribution in [1.82, 2.24) is 9.55 Å². The molecule has 0 unspecified atom stereocenters. The molecule has 0 bridgehead atoms. The van der Waals surface area contributed by atoms with Crippen LogP contribution in [0.2, 0.25) is 0 Å². The van der Waals surface area contributed by atoms with Gasteiger partial charge in [-0.05, 0) is 64.9 Å². The Bertz CT molecular complexity index is 729. The summed E-state index contributed by atoms with van der Waals surface area (Å²) < 4.78 is 3.15. The van der Waals surface area contributed by atoms with E-state index in [1.807, 2.05) is 10.6 Å². The molecule has 4 heteroatoms. The van der Waals surface area contributed by atoms with Gasteiger partial charge in [-0.3, -0.25) is 4.57 Å². The summed E-state index contributed by atoms with van der Waals surface area (Å²) in [4.78, 5) is 4.43. The summed E-state index contributed by atoms with van der Waals surface area (Å²) in [6, 6.07) is 14.6. The Labute approximate surface area is 125 Å². The van der Waals surface area contributed by atoms with Crippen LogP contribution in [-0.4, -0.2) is 9.55 Å². The van der Waals surface area contributed by atoms with Crippen molar-refractivity contribution in [3.05, 3.63) is 51.6 Å². The molecule has 0 aliphatic heterocycles. The fourth-order valence-corrected chi connectivity index (χ4v) is 2.70. The first-order valence-electron chi connectivity index (χ1n) is 6.22. The molecule has 0 saturated heterocycles. The maximum atomic E-state index is 6.06. The van der Waals surface area contributed by atoms with Gasteiger partial charge in [0, 0.05) is 9.26 Å². The van der Waals surface area contributed by atoms with Crippen molar-refractivity contribution in [2.45, 2.75) is 13.3 Å². The minimum absolute atomic E-state index is 0.529. The number of fused-ring (bicyclic) bond motifs is 1. The summed E-state index contributed by atoms with van der Waals surface area (Å²) in [6.45, 7) is 2.15. The molecule has 0 aliphatic rings. The van der Waals surface area contributed by atoms with E-state index < -0.39 is 0 Å². The number of nitrogens with zero attached hydrogens (tertiary/aromatic N) is 2. The Morgan fingerprint density at radius 2 is 1.89 bits per heavy atom. The Morgan fingerprint density at radius 1 is 1.16 bits per heavy atom. The average molecular weight is 363 g/mol. The van der Waals surface area contributed by atoms with Crippen LogP contribution in [0.1, 0.15) is 12.5 Å². The molecule has 1 aromatic heterocycles. The predicted octanol–water partition coefficient (Wildman–Crippen LogP) is 3.77. The largest absolute Gasteiger partial charge is 0.369 e. The van der Waals surface area contributed by atoms with Crippen LogP contribution in [0.4, 0.5) is 5.95 Å². The number of imidazole rings is 1. The van der Waals surface area contributed by atoms with Gasteiger partial charge in [-0.15, -0.1) is 0 Å². The number of hydrogen-bond donors (Lipinski definition) is 1. The number of halogens is 1. The van der Waals surface area contributed by atoms with Gasteiger partial charge in [0.05, 0.1) is 11.0 Å². The molecule has 3 aromatic rings. The lowest BCUT2D eigenvalue weighted by atomic mass is 10.1. The highest BCUT2D eigenvalue weighted by molar-refractivity contribution is 14.1. The highest BCUT2D eigenvalue weighted by atomic mass is 127. The topological polar surface area (TPSA) is 43.8 Å². The van der Waals surface area contributed by atoms with Crippen LogP contribution in [0, 0.1) is 3.57 Å². The molecule has 2 N–H and O–H groups in total. The standard InChI is InChI=1S/C15H14IN3/c1-2-10-3-6-12(7-4-10)19-14-8-5-11(16)9-13(14)18-15(19)17/h3-9H,2H2,1H3,(H2,17,18). The molecule has 0 fully saturated rings. The lowest BCUT2D eigenvalue weighted by Gasteiger charge is -2.07. The van der Waals surface area contributed by atoms with Crippen molar-refractivity contribution in [2.24, 2.45) is 0 Å². The molecule has 0 aliphatic carbocycles. The quantitative estimate of drug-likeness (QED) is 0.705. The first-order valence-corrected chi connectivity index (χ1v) is 7.29. The van der Waals surface area contributed by atoms with Gasteiger partial charge in [-0.25, -0.2) is 4.98 Å². The molecule has 0 atom stereocenters. The van der Waals surface area contributed by atoms with Gasteiger partial charge >= 0.3 is 0 Å². The Kier molecular flexibility index (Phi) is 3.18. The monoisotopic (exact) mass is 363 g/mol. The van der Waals surface area contributed by atoms with E-state index in [4.69, 9.17) is 5.73 Å². The van der Waals surface area contributed by atoms with E-state index in [0.29, 0.717) is 5.95 Å². The molecule has 0 radical (unpaired) electrons. The van der Waals surface area contributed by atoms with Crippen molar-refractivity contribution in [3.8, 4) is 5.69 Å². The summed E-state index contributed by atoms with van der Waals surface area (Å²) in [6.07, 6.45) is 1.04. The molecule has 0 saturated carbocycles. The van der Waals surface area contributed by atoms with Gasteiger partial charge in [0.1, 0.15) is 0 Å². The Balaban J connectivity index is 2.20. The second-order valence-electron chi connectivity index (χ2n) is 4.46. The number of nitrogens with two attached hydrogens (primary N) is 1. The number of aromatic nitrogens is 2. The number of nitrogen functional groups attached to an aromatic ring is 1. The van der Waals surface area contributed by atoms with Crippen LogP contribution >= 0.6 is 22.6 Å². The molecule has 3 rings (SSSR count). The molecule has 0 amide bonds. The lowest BCUT2D eigenvalue weighted by Crippen LogP contribution is -2.00. The molecular formula is C15H14IN3. The lowest BCUT2D eigenvalue weighted by molar-refractivity contribution is 1.09. The number of benzene rings is 2. The van der Waals surface area contributed by atoms with Crippen molar-refractivity contribution in [1.29, 1.82) is 0 Å². The predicted molar refractivity (Wildman–Crippen MR) is 87.6 cm³/mol. The normalized spacial score (nSPS) is 11.1. The van der Waals surface area contributed by atoms with Crippen LogP contribution in [0.5, 0.6) is 0 Å². The molecule has 1 heterocycles. The van der Waals surface area contributed by atoms with Crippen LogP contribution in [-0.2, 0) is 6.42 Å². The van der Waals surface area contributed by atoms with Crippen molar-refractivity contribution in [2.75, 3.05) is 5.73 Å². The summed E-state index contributed by atoms with van der Waals surface area (Å²) in [5.41, 5.74) is 10.4. The first-order chi connectivity index (χ1) is 9.19. The van der Waals surface area contributed by atoms with Crippen molar-refractivity contribution in [3.63, 3.8) is 0 Å². The number of anilines is 1. The van der Waals surface area contributed by atoms with E-state index in [9.17, 15) is 0 Å². The number of rotatable bonds is 2. The molecule has 2 aromatic carbocycles. The molecule has 3 nitrogen and oxygen atoms in total. The highest BCUT2D eigenvalue weighted by Gasteiger charge is 2.09. The Hall–Kier alpha value is -1.56. The molecule has 96 valence electrons. The maximum absolute atomic E-state index is 6.06. The van der Waals surface area contributed by atoms with Gasteiger partial charge < -0.3 is 5.73 Å². The van der Waals surface area contributed by atoms with E-state index in [1.54, 1.807) is 0 Å². The van der Waals surface area contributed by atoms with Crippen LogP contribution < -0.4 is 5.73 Å². The molecule has 0 spiro atoms. The van der Waals surface area contributed by atoms with E-state index in [1.165, 1.54) is 5.56 Å². The zero-order valence-corrected chi connectivity index (χ0v) is 12.8. The maximum Gasteiger partial charge on any atom is 0.205 e. The van der Waals surface area contributed by atoms with Crippen molar-refractivity contribution < 1.29 is 0 Å². The van der Waals surface area contributed by atoms with E-state index in [2.05, 4.69) is 70.9 Å². The Morgan fingerprint density at radius 3 is 2.58 bits per heavy atom.